The molecule has 1 aromatic carbocycles. The van der Waals surface area contributed by atoms with Gasteiger partial charge in [0.1, 0.15) is 0 Å². The highest BCUT2D eigenvalue weighted by atomic mass is 35.5. The number of amides is 1. The Balaban J connectivity index is 2.10. The van der Waals surface area contributed by atoms with Gasteiger partial charge >= 0.3 is 0 Å². The molecule has 0 saturated heterocycles. The minimum atomic E-state index is -0.303. The van der Waals surface area contributed by atoms with Gasteiger partial charge in [0, 0.05) is 11.9 Å². The van der Waals surface area contributed by atoms with Gasteiger partial charge in [-0.1, -0.05) is 17.7 Å². The van der Waals surface area contributed by atoms with Gasteiger partial charge < -0.3 is 16.0 Å². The number of nitrogen functional groups attached to an aromatic ring is 1. The summed E-state index contributed by atoms with van der Waals surface area (Å²) in [6.07, 6.45) is 3.18. The highest BCUT2D eigenvalue weighted by Gasteiger charge is 2.13. The number of nitrogens with zero attached hydrogens (tertiary/aromatic N) is 1. The standard InChI is InChI=1S/C11H11ClN4O/c12-8-2-1-3-9(13)10(8)11(17)15-5-7-4-14-6-16-7/h1-4,6H,5,13H2,(H,14,16)(H,15,17). The number of aromatic amines is 1. The largest absolute Gasteiger partial charge is 0.398 e. The second-order valence-corrected chi connectivity index (χ2v) is 3.87. The summed E-state index contributed by atoms with van der Waals surface area (Å²) in [5.41, 5.74) is 7.18. The van der Waals surface area contributed by atoms with Crippen molar-refractivity contribution in [3.05, 3.63) is 47.0 Å². The first-order chi connectivity index (χ1) is 8.18. The zero-order chi connectivity index (χ0) is 12.3. The second kappa shape index (κ2) is 4.88. The van der Waals surface area contributed by atoms with Crippen LogP contribution in [0.4, 0.5) is 5.69 Å². The van der Waals surface area contributed by atoms with Gasteiger partial charge in [0.15, 0.2) is 0 Å². The topological polar surface area (TPSA) is 83.8 Å². The molecule has 2 rings (SSSR count). The van der Waals surface area contributed by atoms with Crippen molar-refractivity contribution < 1.29 is 4.79 Å². The lowest BCUT2D eigenvalue weighted by Crippen LogP contribution is -2.24. The van der Waals surface area contributed by atoms with E-state index in [1.807, 2.05) is 0 Å². The van der Waals surface area contributed by atoms with Crippen LogP contribution < -0.4 is 11.1 Å². The fraction of sp³-hybridized carbons (Fsp3) is 0.0909. The Kier molecular flexibility index (Phi) is 3.30. The Morgan fingerprint density at radius 3 is 3.00 bits per heavy atom. The predicted octanol–water partition coefficient (Wildman–Crippen LogP) is 1.58. The van der Waals surface area contributed by atoms with Crippen LogP contribution in [0.15, 0.2) is 30.7 Å². The summed E-state index contributed by atoms with van der Waals surface area (Å²) in [6.45, 7) is 0.351. The van der Waals surface area contributed by atoms with E-state index in [-0.39, 0.29) is 5.91 Å². The zero-order valence-electron chi connectivity index (χ0n) is 8.90. The smallest absolute Gasteiger partial charge is 0.255 e. The summed E-state index contributed by atoms with van der Waals surface area (Å²) in [7, 11) is 0. The maximum Gasteiger partial charge on any atom is 0.255 e. The number of benzene rings is 1. The molecule has 0 spiro atoms. The van der Waals surface area contributed by atoms with Crippen LogP contribution in [0.5, 0.6) is 0 Å². The van der Waals surface area contributed by atoms with Crippen molar-refractivity contribution in [2.45, 2.75) is 6.54 Å². The van der Waals surface area contributed by atoms with Gasteiger partial charge in [-0.15, -0.1) is 0 Å². The van der Waals surface area contributed by atoms with E-state index in [2.05, 4.69) is 15.3 Å². The molecule has 0 radical (unpaired) electrons. The van der Waals surface area contributed by atoms with E-state index in [1.165, 1.54) is 0 Å². The summed E-state index contributed by atoms with van der Waals surface area (Å²) >= 11 is 5.92. The van der Waals surface area contributed by atoms with Crippen LogP contribution in [0.25, 0.3) is 0 Å². The predicted molar refractivity (Wildman–Crippen MR) is 65.6 cm³/mol. The van der Waals surface area contributed by atoms with Crippen molar-refractivity contribution in [3.8, 4) is 0 Å². The minimum Gasteiger partial charge on any atom is -0.398 e. The van der Waals surface area contributed by atoms with Crippen molar-refractivity contribution in [2.75, 3.05) is 5.73 Å². The van der Waals surface area contributed by atoms with Crippen LogP contribution in [0, 0.1) is 0 Å². The number of carbonyl (C=O) groups excluding carboxylic acids is 1. The molecule has 0 fully saturated rings. The van der Waals surface area contributed by atoms with Crippen LogP contribution >= 0.6 is 11.6 Å². The van der Waals surface area contributed by atoms with Gasteiger partial charge in [0.05, 0.1) is 29.2 Å². The lowest BCUT2D eigenvalue weighted by atomic mass is 10.1. The Morgan fingerprint density at radius 2 is 2.35 bits per heavy atom. The Morgan fingerprint density at radius 1 is 1.53 bits per heavy atom. The van der Waals surface area contributed by atoms with Crippen LogP contribution in [0.3, 0.4) is 0 Å². The molecule has 5 nitrogen and oxygen atoms in total. The Labute approximate surface area is 103 Å². The average molecular weight is 251 g/mol. The minimum absolute atomic E-state index is 0.300. The molecule has 0 unspecified atom stereocenters. The number of rotatable bonds is 3. The molecule has 6 heteroatoms. The number of hydrogen-bond donors (Lipinski definition) is 3. The third-order valence-electron chi connectivity index (χ3n) is 2.27. The van der Waals surface area contributed by atoms with Crippen molar-refractivity contribution in [3.63, 3.8) is 0 Å². The summed E-state index contributed by atoms with van der Waals surface area (Å²) in [6, 6.07) is 4.96. The number of imidazole rings is 1. The van der Waals surface area contributed by atoms with Crippen LogP contribution in [0.1, 0.15) is 16.1 Å². The maximum absolute atomic E-state index is 11.9. The molecule has 0 atom stereocenters. The maximum atomic E-state index is 11.9. The molecule has 17 heavy (non-hydrogen) atoms. The van der Waals surface area contributed by atoms with E-state index in [4.69, 9.17) is 17.3 Å². The van der Waals surface area contributed by atoms with Crippen molar-refractivity contribution in [2.24, 2.45) is 0 Å². The fourth-order valence-electron chi connectivity index (χ4n) is 1.43. The first-order valence-electron chi connectivity index (χ1n) is 4.98. The van der Waals surface area contributed by atoms with E-state index in [0.717, 1.165) is 5.69 Å². The van der Waals surface area contributed by atoms with E-state index in [0.29, 0.717) is 22.8 Å². The van der Waals surface area contributed by atoms with Gasteiger partial charge in [-0.2, -0.15) is 0 Å². The van der Waals surface area contributed by atoms with Gasteiger partial charge in [0.2, 0.25) is 0 Å². The number of nitrogens with two attached hydrogens (primary N) is 1. The third kappa shape index (κ3) is 2.57. The highest BCUT2D eigenvalue weighted by Crippen LogP contribution is 2.21. The number of aromatic nitrogens is 2. The molecule has 0 aliphatic carbocycles. The molecule has 1 amide bonds. The monoisotopic (exact) mass is 250 g/mol. The number of hydrogen-bond acceptors (Lipinski definition) is 3. The second-order valence-electron chi connectivity index (χ2n) is 3.46. The molecule has 0 saturated carbocycles. The quantitative estimate of drug-likeness (QED) is 0.723. The Bertz CT molecular complexity index is 504. The Hall–Kier alpha value is -2.01. The van der Waals surface area contributed by atoms with Gasteiger partial charge in [0.25, 0.3) is 5.91 Å². The van der Waals surface area contributed by atoms with Crippen molar-refractivity contribution in [1.82, 2.24) is 15.3 Å². The number of carbonyl (C=O) groups is 1. The molecule has 4 N–H and O–H groups in total. The van der Waals surface area contributed by atoms with Gasteiger partial charge in [-0.05, 0) is 12.1 Å². The van der Waals surface area contributed by atoms with E-state index in [9.17, 15) is 4.79 Å². The van der Waals surface area contributed by atoms with Crippen LogP contribution in [0.2, 0.25) is 5.02 Å². The van der Waals surface area contributed by atoms with E-state index < -0.39 is 0 Å². The van der Waals surface area contributed by atoms with Crippen LogP contribution in [-0.4, -0.2) is 15.9 Å². The van der Waals surface area contributed by atoms with E-state index >= 15 is 0 Å². The highest BCUT2D eigenvalue weighted by molar-refractivity contribution is 6.34. The normalized spacial score (nSPS) is 10.2. The number of nitrogens with one attached hydrogen (secondary N) is 2. The molecule has 0 aliphatic heterocycles. The molecule has 88 valence electrons. The van der Waals surface area contributed by atoms with E-state index in [1.54, 1.807) is 30.7 Å². The lowest BCUT2D eigenvalue weighted by Gasteiger charge is -2.08. The average Bonchev–Trinajstić information content (AvgIpc) is 2.79. The molecule has 1 aromatic heterocycles. The number of halogens is 1. The SMILES string of the molecule is Nc1cccc(Cl)c1C(=O)NCc1cnc[nH]1. The molecular formula is C11H11ClN4O. The van der Waals surface area contributed by atoms with Gasteiger partial charge in [-0.25, -0.2) is 4.98 Å². The first kappa shape index (κ1) is 11.5. The molecule has 2 aromatic rings. The number of H-pyrrole nitrogens is 1. The summed E-state index contributed by atoms with van der Waals surface area (Å²) in [4.78, 5) is 18.6. The summed E-state index contributed by atoms with van der Waals surface area (Å²) in [5, 5.41) is 3.05. The first-order valence-corrected chi connectivity index (χ1v) is 5.35. The zero-order valence-corrected chi connectivity index (χ0v) is 9.66. The summed E-state index contributed by atoms with van der Waals surface area (Å²) < 4.78 is 0. The lowest BCUT2D eigenvalue weighted by molar-refractivity contribution is 0.0951. The molecule has 1 heterocycles. The van der Waals surface area contributed by atoms with Crippen molar-refractivity contribution in [1.29, 1.82) is 0 Å². The molecular weight excluding hydrogens is 240 g/mol. The third-order valence-corrected chi connectivity index (χ3v) is 2.58. The van der Waals surface area contributed by atoms with Crippen LogP contribution in [-0.2, 0) is 6.54 Å². The fourth-order valence-corrected chi connectivity index (χ4v) is 1.69. The molecule has 0 bridgehead atoms. The molecule has 0 aliphatic rings. The van der Waals surface area contributed by atoms with Crippen molar-refractivity contribution >= 4 is 23.2 Å². The number of anilines is 1. The summed E-state index contributed by atoms with van der Waals surface area (Å²) in [5.74, 6) is -0.303. The van der Waals surface area contributed by atoms with Gasteiger partial charge in [-0.3, -0.25) is 4.79 Å².